The maximum atomic E-state index is 12.7. The van der Waals surface area contributed by atoms with Crippen LogP contribution in [0.5, 0.6) is 0 Å². The quantitative estimate of drug-likeness (QED) is 0.668. The number of nitro benzene ring substituents is 1. The van der Waals surface area contributed by atoms with E-state index in [0.29, 0.717) is 24.3 Å². The minimum atomic E-state index is -0.399. The number of nitro groups is 1. The molecule has 1 unspecified atom stereocenters. The number of benzene rings is 1. The van der Waals surface area contributed by atoms with Gasteiger partial charge in [0.1, 0.15) is 5.69 Å². The Kier molecular flexibility index (Phi) is 5.22. The first kappa shape index (κ1) is 17.7. The predicted octanol–water partition coefficient (Wildman–Crippen LogP) is 2.43. The van der Waals surface area contributed by atoms with Gasteiger partial charge in [0.05, 0.1) is 11.0 Å². The Morgan fingerprint density at radius 2 is 1.88 bits per heavy atom. The summed E-state index contributed by atoms with van der Waals surface area (Å²) in [5.41, 5.74) is 0.976. The van der Waals surface area contributed by atoms with Crippen LogP contribution in [0.3, 0.4) is 0 Å². The van der Waals surface area contributed by atoms with Crippen molar-refractivity contribution in [3.8, 4) is 0 Å². The van der Waals surface area contributed by atoms with Crippen molar-refractivity contribution in [2.45, 2.75) is 38.7 Å². The van der Waals surface area contributed by atoms with Gasteiger partial charge in [-0.3, -0.25) is 14.9 Å². The SMILES string of the molecule is CC(O)C1CCN(C(=O)c2ccc(N3CCCC3)c([N+](=O)[O-])c2)CC1. The smallest absolute Gasteiger partial charge is 0.293 e. The molecular weight excluding hydrogens is 322 g/mol. The average molecular weight is 347 g/mol. The third-order valence-corrected chi connectivity index (χ3v) is 5.37. The lowest BCUT2D eigenvalue weighted by Crippen LogP contribution is -2.40. The number of carbonyl (C=O) groups is 1. The minimum absolute atomic E-state index is 0.00613. The number of aliphatic hydroxyl groups is 1. The van der Waals surface area contributed by atoms with Gasteiger partial charge in [-0.1, -0.05) is 0 Å². The van der Waals surface area contributed by atoms with E-state index in [9.17, 15) is 20.0 Å². The molecule has 1 N–H and O–H groups in total. The number of aliphatic hydroxyl groups excluding tert-OH is 1. The number of carbonyl (C=O) groups excluding carboxylic acids is 1. The fraction of sp³-hybridized carbons (Fsp3) is 0.611. The van der Waals surface area contributed by atoms with Gasteiger partial charge in [-0.15, -0.1) is 0 Å². The highest BCUT2D eigenvalue weighted by Gasteiger charge is 2.28. The van der Waals surface area contributed by atoms with Crippen molar-refractivity contribution in [3.63, 3.8) is 0 Å². The number of piperidine rings is 1. The molecule has 136 valence electrons. The summed E-state index contributed by atoms with van der Waals surface area (Å²) in [5.74, 6) is 0.0519. The average Bonchev–Trinajstić information content (AvgIpc) is 3.15. The lowest BCUT2D eigenvalue weighted by atomic mass is 9.92. The fourth-order valence-electron chi connectivity index (χ4n) is 3.80. The minimum Gasteiger partial charge on any atom is -0.393 e. The highest BCUT2D eigenvalue weighted by atomic mass is 16.6. The van der Waals surface area contributed by atoms with Crippen LogP contribution in [0.1, 0.15) is 43.0 Å². The Balaban J connectivity index is 1.77. The molecule has 0 spiro atoms. The highest BCUT2D eigenvalue weighted by Crippen LogP contribution is 2.32. The molecule has 2 saturated heterocycles. The van der Waals surface area contributed by atoms with Gasteiger partial charge >= 0.3 is 0 Å². The number of nitrogens with zero attached hydrogens (tertiary/aromatic N) is 3. The summed E-state index contributed by atoms with van der Waals surface area (Å²) in [6.45, 7) is 4.58. The standard InChI is InChI=1S/C18H25N3O4/c1-13(22)14-6-10-20(11-7-14)18(23)15-4-5-16(17(12-15)21(24)25)19-8-2-3-9-19/h4-5,12-14,22H,2-3,6-11H2,1H3. The van der Waals surface area contributed by atoms with Gasteiger partial charge in [-0.25, -0.2) is 0 Å². The van der Waals surface area contributed by atoms with Crippen LogP contribution in [0.15, 0.2) is 18.2 Å². The molecular formula is C18H25N3O4. The molecule has 2 aliphatic heterocycles. The summed E-state index contributed by atoms with van der Waals surface area (Å²) < 4.78 is 0. The van der Waals surface area contributed by atoms with E-state index >= 15 is 0 Å². The van der Waals surface area contributed by atoms with Crippen LogP contribution in [0.4, 0.5) is 11.4 Å². The van der Waals surface area contributed by atoms with Crippen molar-refractivity contribution in [2.24, 2.45) is 5.92 Å². The predicted molar refractivity (Wildman–Crippen MR) is 94.9 cm³/mol. The zero-order valence-electron chi connectivity index (χ0n) is 14.6. The maximum Gasteiger partial charge on any atom is 0.293 e. The van der Waals surface area contributed by atoms with E-state index in [4.69, 9.17) is 0 Å². The Hall–Kier alpha value is -2.15. The lowest BCUT2D eigenvalue weighted by molar-refractivity contribution is -0.384. The van der Waals surface area contributed by atoms with E-state index in [1.165, 1.54) is 6.07 Å². The molecule has 7 nitrogen and oxygen atoms in total. The molecule has 0 radical (unpaired) electrons. The number of hydrogen-bond donors (Lipinski definition) is 1. The van der Waals surface area contributed by atoms with Crippen LogP contribution in [-0.4, -0.2) is 53.1 Å². The molecule has 1 atom stereocenters. The monoisotopic (exact) mass is 347 g/mol. The van der Waals surface area contributed by atoms with Gasteiger partial charge in [0.25, 0.3) is 11.6 Å². The molecule has 3 rings (SSSR count). The van der Waals surface area contributed by atoms with Crippen molar-refractivity contribution < 1.29 is 14.8 Å². The zero-order chi connectivity index (χ0) is 18.0. The Labute approximate surface area is 147 Å². The van der Waals surface area contributed by atoms with E-state index in [-0.39, 0.29) is 23.6 Å². The Morgan fingerprint density at radius 1 is 1.24 bits per heavy atom. The zero-order valence-corrected chi connectivity index (χ0v) is 14.6. The second-order valence-corrected chi connectivity index (χ2v) is 7.02. The summed E-state index contributed by atoms with van der Waals surface area (Å²) in [5, 5.41) is 21.1. The van der Waals surface area contributed by atoms with E-state index < -0.39 is 4.92 Å². The number of anilines is 1. The van der Waals surface area contributed by atoms with Crippen molar-refractivity contribution >= 4 is 17.3 Å². The molecule has 0 bridgehead atoms. The van der Waals surface area contributed by atoms with Crippen LogP contribution in [0, 0.1) is 16.0 Å². The molecule has 0 saturated carbocycles. The van der Waals surface area contributed by atoms with Gasteiger partial charge in [-0.05, 0) is 50.7 Å². The molecule has 7 heteroatoms. The first-order valence-electron chi connectivity index (χ1n) is 8.98. The summed E-state index contributed by atoms with van der Waals surface area (Å²) in [4.78, 5) is 27.5. The van der Waals surface area contributed by atoms with E-state index in [2.05, 4.69) is 0 Å². The fourth-order valence-corrected chi connectivity index (χ4v) is 3.80. The highest BCUT2D eigenvalue weighted by molar-refractivity contribution is 5.96. The number of likely N-dealkylation sites (tertiary alicyclic amines) is 1. The van der Waals surface area contributed by atoms with Crippen LogP contribution in [0.25, 0.3) is 0 Å². The second kappa shape index (κ2) is 7.39. The molecule has 25 heavy (non-hydrogen) atoms. The van der Waals surface area contributed by atoms with Crippen LogP contribution < -0.4 is 4.90 Å². The largest absolute Gasteiger partial charge is 0.393 e. The molecule has 2 aliphatic rings. The van der Waals surface area contributed by atoms with Gasteiger partial charge < -0.3 is 14.9 Å². The molecule has 1 aromatic carbocycles. The van der Waals surface area contributed by atoms with Crippen LogP contribution in [0.2, 0.25) is 0 Å². The van der Waals surface area contributed by atoms with Crippen molar-refractivity contribution in [1.82, 2.24) is 4.90 Å². The molecule has 2 heterocycles. The molecule has 0 aromatic heterocycles. The maximum absolute atomic E-state index is 12.7. The van der Waals surface area contributed by atoms with Crippen molar-refractivity contribution in [3.05, 3.63) is 33.9 Å². The van der Waals surface area contributed by atoms with Crippen molar-refractivity contribution in [2.75, 3.05) is 31.1 Å². The second-order valence-electron chi connectivity index (χ2n) is 7.02. The Morgan fingerprint density at radius 3 is 2.44 bits per heavy atom. The molecule has 0 aliphatic carbocycles. The number of amides is 1. The number of rotatable bonds is 4. The van der Waals surface area contributed by atoms with Crippen molar-refractivity contribution in [1.29, 1.82) is 0 Å². The molecule has 1 amide bonds. The molecule has 1 aromatic rings. The van der Waals surface area contributed by atoms with Gasteiger partial charge in [0.15, 0.2) is 0 Å². The van der Waals surface area contributed by atoms with E-state index in [0.717, 1.165) is 38.8 Å². The van der Waals surface area contributed by atoms with Gasteiger partial charge in [0, 0.05) is 37.8 Å². The third-order valence-electron chi connectivity index (χ3n) is 5.37. The topological polar surface area (TPSA) is 86.9 Å². The summed E-state index contributed by atoms with van der Waals surface area (Å²) >= 11 is 0. The van der Waals surface area contributed by atoms with Gasteiger partial charge in [-0.2, -0.15) is 0 Å². The summed E-state index contributed by atoms with van der Waals surface area (Å²) in [6, 6.07) is 4.82. The number of hydrogen-bond acceptors (Lipinski definition) is 5. The lowest BCUT2D eigenvalue weighted by Gasteiger charge is -2.33. The first-order valence-corrected chi connectivity index (χ1v) is 8.98. The Bertz CT molecular complexity index is 648. The van der Waals surface area contributed by atoms with Crippen LogP contribution >= 0.6 is 0 Å². The van der Waals surface area contributed by atoms with E-state index in [1.807, 2.05) is 4.90 Å². The summed E-state index contributed by atoms with van der Waals surface area (Å²) in [7, 11) is 0. The van der Waals surface area contributed by atoms with E-state index in [1.54, 1.807) is 24.0 Å². The third kappa shape index (κ3) is 3.76. The normalized spacial score (nSPS) is 19.9. The molecule has 2 fully saturated rings. The summed E-state index contributed by atoms with van der Waals surface area (Å²) in [6.07, 6.45) is 3.24. The van der Waals surface area contributed by atoms with Crippen LogP contribution in [-0.2, 0) is 0 Å². The van der Waals surface area contributed by atoms with Gasteiger partial charge in [0.2, 0.25) is 0 Å². The first-order chi connectivity index (χ1) is 12.0.